The zero-order valence-corrected chi connectivity index (χ0v) is 13.7. The molecule has 0 saturated carbocycles. The van der Waals surface area contributed by atoms with E-state index in [4.69, 9.17) is 13.9 Å². The van der Waals surface area contributed by atoms with E-state index in [2.05, 4.69) is 9.80 Å². The molecule has 3 rings (SSSR count). The third-order valence-corrected chi connectivity index (χ3v) is 4.59. The third kappa shape index (κ3) is 5.58. The van der Waals surface area contributed by atoms with Gasteiger partial charge in [0, 0.05) is 32.7 Å². The van der Waals surface area contributed by atoms with Gasteiger partial charge in [-0.3, -0.25) is 4.90 Å². The van der Waals surface area contributed by atoms with Crippen molar-refractivity contribution in [3.8, 4) is 0 Å². The van der Waals surface area contributed by atoms with Crippen molar-refractivity contribution in [1.82, 2.24) is 9.80 Å². The summed E-state index contributed by atoms with van der Waals surface area (Å²) in [5.41, 5.74) is 0. The van der Waals surface area contributed by atoms with E-state index >= 15 is 0 Å². The predicted octanol–water partition coefficient (Wildman–Crippen LogP) is 0.811. The van der Waals surface area contributed by atoms with Crippen LogP contribution in [0.1, 0.15) is 12.2 Å². The molecule has 0 spiro atoms. The van der Waals surface area contributed by atoms with Gasteiger partial charge in [-0.1, -0.05) is 0 Å². The summed E-state index contributed by atoms with van der Waals surface area (Å²) in [5, 5.41) is 10.1. The minimum absolute atomic E-state index is 0.353. The van der Waals surface area contributed by atoms with Crippen LogP contribution in [-0.4, -0.2) is 80.1 Å². The van der Waals surface area contributed by atoms with Crippen LogP contribution >= 0.6 is 0 Å². The maximum absolute atomic E-state index is 10.1. The molecule has 6 heteroatoms. The van der Waals surface area contributed by atoms with Gasteiger partial charge in [0.1, 0.15) is 12.4 Å². The Morgan fingerprint density at radius 3 is 2.91 bits per heavy atom. The third-order valence-electron chi connectivity index (χ3n) is 4.59. The molecule has 0 radical (unpaired) electrons. The average molecular weight is 324 g/mol. The molecule has 0 amide bonds. The molecule has 0 aromatic carbocycles. The molecule has 2 aliphatic heterocycles. The summed E-state index contributed by atoms with van der Waals surface area (Å²) in [5.74, 6) is 1.51. The average Bonchev–Trinajstić information content (AvgIpc) is 3.21. The molecule has 3 heterocycles. The van der Waals surface area contributed by atoms with E-state index in [1.165, 1.54) is 6.42 Å². The summed E-state index contributed by atoms with van der Waals surface area (Å²) >= 11 is 0. The lowest BCUT2D eigenvalue weighted by Crippen LogP contribution is -2.40. The Bertz CT molecular complexity index is 434. The number of furan rings is 1. The molecule has 1 aromatic heterocycles. The highest BCUT2D eigenvalue weighted by molar-refractivity contribution is 4.96. The number of hydrogen-bond donors (Lipinski definition) is 1. The molecule has 2 unspecified atom stereocenters. The SMILES string of the molecule is OC(COCc1ccco1)CN1CCC(CN2CCOCC2)C1. The minimum atomic E-state index is -0.438. The standard InChI is InChI=1S/C17H28N2O4/c20-16(13-22-14-17-2-1-7-23-17)12-19-4-3-15(11-19)10-18-5-8-21-9-6-18/h1-2,7,15-16,20H,3-6,8-14H2. The first-order chi connectivity index (χ1) is 11.3. The van der Waals surface area contributed by atoms with Crippen LogP contribution in [0.5, 0.6) is 0 Å². The number of aliphatic hydroxyl groups excluding tert-OH is 1. The lowest BCUT2D eigenvalue weighted by atomic mass is 10.1. The summed E-state index contributed by atoms with van der Waals surface area (Å²) in [7, 11) is 0. The molecule has 6 nitrogen and oxygen atoms in total. The van der Waals surface area contributed by atoms with Crippen molar-refractivity contribution in [1.29, 1.82) is 0 Å². The Morgan fingerprint density at radius 2 is 2.13 bits per heavy atom. The molecular weight excluding hydrogens is 296 g/mol. The number of nitrogens with zero attached hydrogens (tertiary/aromatic N) is 2. The van der Waals surface area contributed by atoms with Gasteiger partial charge in [-0.2, -0.15) is 0 Å². The van der Waals surface area contributed by atoms with E-state index in [0.717, 1.165) is 51.7 Å². The second-order valence-electron chi connectivity index (χ2n) is 6.58. The second kappa shape index (κ2) is 8.80. The van der Waals surface area contributed by atoms with Gasteiger partial charge < -0.3 is 23.9 Å². The van der Waals surface area contributed by atoms with E-state index in [0.29, 0.717) is 25.7 Å². The highest BCUT2D eigenvalue weighted by Gasteiger charge is 2.26. The fourth-order valence-corrected chi connectivity index (χ4v) is 3.42. The summed E-state index contributed by atoms with van der Waals surface area (Å²) in [6.45, 7) is 8.61. The smallest absolute Gasteiger partial charge is 0.129 e. The van der Waals surface area contributed by atoms with Gasteiger partial charge in [0.2, 0.25) is 0 Å². The molecule has 23 heavy (non-hydrogen) atoms. The Labute approximate surface area is 137 Å². The topological polar surface area (TPSA) is 58.3 Å². The number of morpholine rings is 1. The van der Waals surface area contributed by atoms with Gasteiger partial charge in [-0.25, -0.2) is 0 Å². The molecule has 0 bridgehead atoms. The second-order valence-corrected chi connectivity index (χ2v) is 6.58. The molecule has 1 N–H and O–H groups in total. The molecule has 2 saturated heterocycles. The molecule has 2 fully saturated rings. The highest BCUT2D eigenvalue weighted by atomic mass is 16.5. The zero-order chi connectivity index (χ0) is 15.9. The maximum atomic E-state index is 10.1. The normalized spacial score (nSPS) is 25.0. The first-order valence-electron chi connectivity index (χ1n) is 8.60. The Kier molecular flexibility index (Phi) is 6.47. The van der Waals surface area contributed by atoms with Crippen LogP contribution in [0.25, 0.3) is 0 Å². The van der Waals surface area contributed by atoms with E-state index in [9.17, 15) is 5.11 Å². The van der Waals surface area contributed by atoms with Crippen LogP contribution < -0.4 is 0 Å². The van der Waals surface area contributed by atoms with Crippen LogP contribution in [0.2, 0.25) is 0 Å². The van der Waals surface area contributed by atoms with Crippen molar-refractivity contribution in [2.75, 3.05) is 59.1 Å². The summed E-state index contributed by atoms with van der Waals surface area (Å²) in [4.78, 5) is 4.85. The number of aliphatic hydroxyl groups is 1. The minimum Gasteiger partial charge on any atom is -0.467 e. The van der Waals surface area contributed by atoms with E-state index < -0.39 is 6.10 Å². The number of rotatable bonds is 8. The molecule has 1 aromatic rings. The Hall–Kier alpha value is -0.920. The molecule has 2 aliphatic rings. The first-order valence-corrected chi connectivity index (χ1v) is 8.60. The van der Waals surface area contributed by atoms with Crippen molar-refractivity contribution in [3.63, 3.8) is 0 Å². The van der Waals surface area contributed by atoms with Gasteiger partial charge in [-0.05, 0) is 31.0 Å². The summed E-state index contributed by atoms with van der Waals surface area (Å²) < 4.78 is 16.1. The molecular formula is C17H28N2O4. The zero-order valence-electron chi connectivity index (χ0n) is 13.7. The lowest BCUT2D eigenvalue weighted by Gasteiger charge is -2.29. The van der Waals surface area contributed by atoms with Crippen LogP contribution in [0, 0.1) is 5.92 Å². The van der Waals surface area contributed by atoms with E-state index in [1.54, 1.807) is 6.26 Å². The van der Waals surface area contributed by atoms with Crippen molar-refractivity contribution in [2.45, 2.75) is 19.1 Å². The Morgan fingerprint density at radius 1 is 1.26 bits per heavy atom. The molecule has 0 aliphatic carbocycles. The number of β-amino-alcohol motifs (C(OH)–C–C–N with tert-alkyl or cyclic N) is 1. The van der Waals surface area contributed by atoms with Crippen molar-refractivity contribution < 1.29 is 19.0 Å². The quantitative estimate of drug-likeness (QED) is 0.764. The van der Waals surface area contributed by atoms with Gasteiger partial charge in [0.25, 0.3) is 0 Å². The fourth-order valence-electron chi connectivity index (χ4n) is 3.42. The summed E-state index contributed by atoms with van der Waals surface area (Å²) in [6, 6.07) is 3.72. The lowest BCUT2D eigenvalue weighted by molar-refractivity contribution is 0.00690. The fraction of sp³-hybridized carbons (Fsp3) is 0.765. The number of likely N-dealkylation sites (tertiary alicyclic amines) is 1. The highest BCUT2D eigenvalue weighted by Crippen LogP contribution is 2.18. The summed E-state index contributed by atoms with van der Waals surface area (Å²) in [6.07, 6.45) is 2.41. The van der Waals surface area contributed by atoms with Crippen LogP contribution in [0.15, 0.2) is 22.8 Å². The van der Waals surface area contributed by atoms with E-state index in [1.807, 2.05) is 12.1 Å². The van der Waals surface area contributed by atoms with Crippen molar-refractivity contribution >= 4 is 0 Å². The van der Waals surface area contributed by atoms with Gasteiger partial charge in [-0.15, -0.1) is 0 Å². The first kappa shape index (κ1) is 16.9. The van der Waals surface area contributed by atoms with Gasteiger partial charge in [0.05, 0.1) is 32.2 Å². The number of ether oxygens (including phenoxy) is 2. The van der Waals surface area contributed by atoms with E-state index in [-0.39, 0.29) is 0 Å². The maximum Gasteiger partial charge on any atom is 0.129 e. The van der Waals surface area contributed by atoms with Crippen molar-refractivity contribution in [3.05, 3.63) is 24.2 Å². The predicted molar refractivity (Wildman–Crippen MR) is 86.2 cm³/mol. The largest absolute Gasteiger partial charge is 0.467 e. The van der Waals surface area contributed by atoms with Gasteiger partial charge in [0.15, 0.2) is 0 Å². The van der Waals surface area contributed by atoms with Crippen molar-refractivity contribution in [2.24, 2.45) is 5.92 Å². The number of hydrogen-bond acceptors (Lipinski definition) is 6. The monoisotopic (exact) mass is 324 g/mol. The Balaban J connectivity index is 1.29. The van der Waals surface area contributed by atoms with Crippen LogP contribution in [0.4, 0.5) is 0 Å². The van der Waals surface area contributed by atoms with Crippen LogP contribution in [-0.2, 0) is 16.1 Å². The van der Waals surface area contributed by atoms with Crippen LogP contribution in [0.3, 0.4) is 0 Å². The molecule has 2 atom stereocenters. The van der Waals surface area contributed by atoms with Gasteiger partial charge >= 0.3 is 0 Å². The molecule has 130 valence electrons.